The van der Waals surface area contributed by atoms with Crippen LogP contribution in [0.25, 0.3) is 22.3 Å². The van der Waals surface area contributed by atoms with Crippen LogP contribution in [-0.4, -0.2) is 0 Å². The van der Waals surface area contributed by atoms with Gasteiger partial charge in [-0.1, -0.05) is 36.4 Å². The van der Waals surface area contributed by atoms with Gasteiger partial charge in [-0.15, -0.1) is 0 Å². The lowest BCUT2D eigenvalue weighted by atomic mass is 9.82. The Hall–Kier alpha value is -1.89. The fraction of sp³-hybridized carbons (Fsp3) is 0. The maximum absolute atomic E-state index is 11.3. The van der Waals surface area contributed by atoms with Gasteiger partial charge >= 0.3 is 0 Å². The average Bonchev–Trinajstić information content (AvgIpc) is 2.36. The Kier molecular flexibility index (Phi) is 1.37. The van der Waals surface area contributed by atoms with Gasteiger partial charge in [0.2, 0.25) is 0 Å². The van der Waals surface area contributed by atoms with Crippen molar-refractivity contribution in [3.8, 4) is 22.3 Å². The minimum atomic E-state index is 0.0701. The molecule has 1 heteroatoms. The first kappa shape index (κ1) is 7.51. The van der Waals surface area contributed by atoms with Crippen LogP contribution in [0.4, 0.5) is 0 Å². The molecule has 0 saturated heterocycles. The second-order valence-corrected chi connectivity index (χ2v) is 3.45. The highest BCUT2D eigenvalue weighted by molar-refractivity contribution is 6.01. The first-order chi connectivity index (χ1) is 6.86. The van der Waals surface area contributed by atoms with Gasteiger partial charge < -0.3 is 0 Å². The molecule has 0 amide bonds. The number of rotatable bonds is 0. The zero-order chi connectivity index (χ0) is 9.54. The van der Waals surface area contributed by atoms with E-state index < -0.39 is 0 Å². The summed E-state index contributed by atoms with van der Waals surface area (Å²) >= 11 is 0. The van der Waals surface area contributed by atoms with Crippen molar-refractivity contribution in [1.82, 2.24) is 0 Å². The molecule has 0 spiro atoms. The predicted octanol–water partition coefficient (Wildman–Crippen LogP) is 2.69. The summed E-state index contributed by atoms with van der Waals surface area (Å²) in [7, 11) is 0. The molecule has 0 N–H and O–H groups in total. The van der Waals surface area contributed by atoms with Gasteiger partial charge in [0.25, 0.3) is 0 Å². The van der Waals surface area contributed by atoms with Gasteiger partial charge in [-0.05, 0) is 34.4 Å². The highest BCUT2D eigenvalue weighted by Gasteiger charge is 2.19. The van der Waals surface area contributed by atoms with E-state index in [0.717, 1.165) is 5.56 Å². The number of hydrogen-bond acceptors (Lipinski definition) is 1. The molecule has 2 aromatic carbocycles. The van der Waals surface area contributed by atoms with Gasteiger partial charge in [0.1, 0.15) is 0 Å². The Labute approximate surface area is 81.7 Å². The van der Waals surface area contributed by atoms with E-state index in [0.29, 0.717) is 0 Å². The molecule has 1 nitrogen and oxygen atoms in total. The number of fused-ring (bicyclic) bond motifs is 4. The molecular formula is C13H8O. The molecule has 1 aliphatic rings. The minimum Gasteiger partial charge on any atom is -0.290 e. The van der Waals surface area contributed by atoms with Gasteiger partial charge in [0, 0.05) is 0 Å². The second kappa shape index (κ2) is 2.55. The van der Waals surface area contributed by atoms with Gasteiger partial charge in [-0.3, -0.25) is 4.79 Å². The normalized spacial score (nSPS) is 11.1. The van der Waals surface area contributed by atoms with Crippen molar-refractivity contribution >= 4 is 0 Å². The van der Waals surface area contributed by atoms with Crippen LogP contribution in [0.2, 0.25) is 0 Å². The molecule has 0 radical (unpaired) electrons. The van der Waals surface area contributed by atoms with E-state index in [-0.39, 0.29) is 5.43 Å². The van der Waals surface area contributed by atoms with Gasteiger partial charge in [0.05, 0.1) is 0 Å². The van der Waals surface area contributed by atoms with Crippen LogP contribution < -0.4 is 5.43 Å². The second-order valence-electron chi connectivity index (χ2n) is 3.45. The van der Waals surface area contributed by atoms with Crippen LogP contribution in [0, 0.1) is 0 Å². The van der Waals surface area contributed by atoms with E-state index in [2.05, 4.69) is 12.1 Å². The Bertz CT molecular complexity index is 570. The molecule has 0 atom stereocenters. The van der Waals surface area contributed by atoms with Crippen LogP contribution in [0.5, 0.6) is 0 Å². The van der Waals surface area contributed by atoms with Crippen molar-refractivity contribution in [3.63, 3.8) is 0 Å². The summed E-state index contributed by atoms with van der Waals surface area (Å²) < 4.78 is 0. The molecule has 0 aromatic heterocycles. The standard InChI is InChI=1S/C13H8O/c14-9-4-3-7-12-10-5-1-2-6-11(10)13(12)8-9/h1-8H. The molecular weight excluding hydrogens is 172 g/mol. The van der Waals surface area contributed by atoms with Crippen molar-refractivity contribution in [2.75, 3.05) is 0 Å². The summed E-state index contributed by atoms with van der Waals surface area (Å²) in [5.41, 5.74) is 4.77. The van der Waals surface area contributed by atoms with E-state index >= 15 is 0 Å². The SMILES string of the molecule is O=c1cccc2c(c1)-c1ccccc1-2. The van der Waals surface area contributed by atoms with Crippen molar-refractivity contribution < 1.29 is 0 Å². The maximum Gasteiger partial charge on any atom is 0.179 e. The molecule has 0 heterocycles. The smallest absolute Gasteiger partial charge is 0.179 e. The summed E-state index contributed by atoms with van der Waals surface area (Å²) in [4.78, 5) is 11.3. The third-order valence-electron chi connectivity index (χ3n) is 2.61. The molecule has 0 fully saturated rings. The summed E-state index contributed by atoms with van der Waals surface area (Å²) in [6.07, 6.45) is 0. The van der Waals surface area contributed by atoms with Crippen molar-refractivity contribution in [2.45, 2.75) is 0 Å². The zero-order valence-electron chi connectivity index (χ0n) is 7.53. The summed E-state index contributed by atoms with van der Waals surface area (Å²) in [5, 5.41) is 0. The summed E-state index contributed by atoms with van der Waals surface area (Å²) in [6, 6.07) is 15.3. The number of benzene rings is 1. The van der Waals surface area contributed by atoms with E-state index in [1.165, 1.54) is 16.7 Å². The van der Waals surface area contributed by atoms with E-state index in [1.54, 1.807) is 12.1 Å². The van der Waals surface area contributed by atoms with E-state index in [1.807, 2.05) is 24.3 Å². The zero-order valence-corrected chi connectivity index (χ0v) is 7.53. The quantitative estimate of drug-likeness (QED) is 0.520. The topological polar surface area (TPSA) is 17.1 Å². The Morgan fingerprint density at radius 1 is 0.643 bits per heavy atom. The Morgan fingerprint density at radius 3 is 2.00 bits per heavy atom. The van der Waals surface area contributed by atoms with Crippen molar-refractivity contribution in [1.29, 1.82) is 0 Å². The molecule has 0 aliphatic heterocycles. The van der Waals surface area contributed by atoms with Crippen molar-refractivity contribution in [3.05, 3.63) is 58.8 Å². The van der Waals surface area contributed by atoms with Gasteiger partial charge in [-0.2, -0.15) is 0 Å². The molecule has 3 rings (SSSR count). The molecule has 0 bridgehead atoms. The minimum absolute atomic E-state index is 0.0701. The fourth-order valence-corrected chi connectivity index (χ4v) is 1.95. The highest BCUT2D eigenvalue weighted by atomic mass is 16.1. The molecule has 2 aromatic rings. The predicted molar refractivity (Wildman–Crippen MR) is 57.1 cm³/mol. The van der Waals surface area contributed by atoms with Crippen LogP contribution in [0.1, 0.15) is 0 Å². The molecule has 0 unspecified atom stereocenters. The Morgan fingerprint density at radius 2 is 1.21 bits per heavy atom. The largest absolute Gasteiger partial charge is 0.290 e. The van der Waals surface area contributed by atoms with Crippen LogP contribution in [0.3, 0.4) is 0 Å². The average molecular weight is 180 g/mol. The van der Waals surface area contributed by atoms with Crippen LogP contribution in [-0.2, 0) is 0 Å². The summed E-state index contributed by atoms with van der Waals surface area (Å²) in [5.74, 6) is 0. The monoisotopic (exact) mass is 180 g/mol. The van der Waals surface area contributed by atoms with Crippen LogP contribution >= 0.6 is 0 Å². The summed E-state index contributed by atoms with van der Waals surface area (Å²) in [6.45, 7) is 0. The van der Waals surface area contributed by atoms with E-state index in [9.17, 15) is 4.79 Å². The first-order valence-corrected chi connectivity index (χ1v) is 4.60. The molecule has 66 valence electrons. The third-order valence-corrected chi connectivity index (χ3v) is 2.61. The lowest BCUT2D eigenvalue weighted by Crippen LogP contribution is -1.99. The lowest BCUT2D eigenvalue weighted by molar-refractivity contribution is 1.54. The van der Waals surface area contributed by atoms with Crippen molar-refractivity contribution in [2.24, 2.45) is 0 Å². The number of hydrogen-bond donors (Lipinski definition) is 0. The van der Waals surface area contributed by atoms with Gasteiger partial charge in [-0.25, -0.2) is 0 Å². The fourth-order valence-electron chi connectivity index (χ4n) is 1.95. The maximum atomic E-state index is 11.3. The highest BCUT2D eigenvalue weighted by Crippen LogP contribution is 2.45. The molecule has 1 aliphatic carbocycles. The molecule has 0 saturated carbocycles. The lowest BCUT2D eigenvalue weighted by Gasteiger charge is -2.20. The molecule has 14 heavy (non-hydrogen) atoms. The van der Waals surface area contributed by atoms with E-state index in [4.69, 9.17) is 0 Å². The van der Waals surface area contributed by atoms with Crippen LogP contribution in [0.15, 0.2) is 53.3 Å². The van der Waals surface area contributed by atoms with Gasteiger partial charge in [0.15, 0.2) is 5.43 Å². The first-order valence-electron chi connectivity index (χ1n) is 4.60. The Balaban J connectivity index is 2.37. The third kappa shape index (κ3) is 0.867.